The van der Waals surface area contributed by atoms with Gasteiger partial charge in [0.05, 0.1) is 13.5 Å². The van der Waals surface area contributed by atoms with Gasteiger partial charge in [-0.15, -0.1) is 0 Å². The van der Waals surface area contributed by atoms with E-state index in [2.05, 4.69) is 20.2 Å². The summed E-state index contributed by atoms with van der Waals surface area (Å²) in [4.78, 5) is 22.9. The first-order valence-electron chi connectivity index (χ1n) is 8.29. The molecule has 1 aromatic carbocycles. The largest absolute Gasteiger partial charge is 0.494 e. The molecule has 6 nitrogen and oxygen atoms in total. The summed E-state index contributed by atoms with van der Waals surface area (Å²) in [6.45, 7) is 1.55. The molecule has 1 atom stereocenters. The Morgan fingerprint density at radius 1 is 1.40 bits per heavy atom. The number of nitrogens with one attached hydrogen (secondary N) is 1. The van der Waals surface area contributed by atoms with E-state index in [0.717, 1.165) is 19.4 Å². The fourth-order valence-electron chi connectivity index (χ4n) is 3.02. The number of carbonyl (C=O) groups is 1. The van der Waals surface area contributed by atoms with Crippen molar-refractivity contribution in [2.75, 3.05) is 25.1 Å². The predicted octanol–water partition coefficient (Wildman–Crippen LogP) is 1.95. The SMILES string of the molecule is COc1ccc(CC(=O)NC2CCCN(c3ncccn3)C2)cc1F. The Hall–Kier alpha value is -2.70. The summed E-state index contributed by atoms with van der Waals surface area (Å²) in [5, 5.41) is 3.03. The molecule has 1 N–H and O–H groups in total. The highest BCUT2D eigenvalue weighted by atomic mass is 19.1. The molecule has 2 heterocycles. The Kier molecular flexibility index (Phi) is 5.42. The highest BCUT2D eigenvalue weighted by Crippen LogP contribution is 2.18. The number of rotatable bonds is 5. The van der Waals surface area contributed by atoms with E-state index in [-0.39, 0.29) is 24.1 Å². The van der Waals surface area contributed by atoms with Crippen molar-refractivity contribution >= 4 is 11.9 Å². The van der Waals surface area contributed by atoms with Crippen molar-refractivity contribution in [2.24, 2.45) is 0 Å². The number of nitrogens with zero attached hydrogens (tertiary/aromatic N) is 3. The van der Waals surface area contributed by atoms with Crippen LogP contribution in [0.5, 0.6) is 5.75 Å². The fourth-order valence-corrected chi connectivity index (χ4v) is 3.02. The number of amides is 1. The standard InChI is InChI=1S/C18H21FN4O2/c1-25-16-6-5-13(10-15(16)19)11-17(24)22-14-4-2-9-23(12-14)18-20-7-3-8-21-18/h3,5-8,10,14H,2,4,9,11-12H2,1H3,(H,22,24). The summed E-state index contributed by atoms with van der Waals surface area (Å²) in [5.74, 6) is 0.275. The average Bonchev–Trinajstić information content (AvgIpc) is 2.63. The number of methoxy groups -OCH3 is 1. The highest BCUT2D eigenvalue weighted by Gasteiger charge is 2.23. The molecule has 0 spiro atoms. The molecule has 3 rings (SSSR count). The van der Waals surface area contributed by atoms with E-state index >= 15 is 0 Å². The van der Waals surface area contributed by atoms with Crippen LogP contribution in [0.4, 0.5) is 10.3 Å². The first kappa shape index (κ1) is 17.1. The van der Waals surface area contributed by atoms with Crippen molar-refractivity contribution in [2.45, 2.75) is 25.3 Å². The van der Waals surface area contributed by atoms with Gasteiger partial charge in [0.2, 0.25) is 11.9 Å². The number of ether oxygens (including phenoxy) is 1. The summed E-state index contributed by atoms with van der Waals surface area (Å²) in [6, 6.07) is 6.39. The minimum Gasteiger partial charge on any atom is -0.494 e. The summed E-state index contributed by atoms with van der Waals surface area (Å²) in [7, 11) is 1.41. The van der Waals surface area contributed by atoms with E-state index in [1.54, 1.807) is 24.5 Å². The highest BCUT2D eigenvalue weighted by molar-refractivity contribution is 5.79. The zero-order valence-electron chi connectivity index (χ0n) is 14.1. The summed E-state index contributed by atoms with van der Waals surface area (Å²) >= 11 is 0. The van der Waals surface area contributed by atoms with Crippen molar-refractivity contribution in [3.63, 3.8) is 0 Å². The monoisotopic (exact) mass is 344 g/mol. The Labute approximate surface area is 146 Å². The molecule has 1 aromatic heterocycles. The van der Waals surface area contributed by atoms with Gasteiger partial charge in [-0.2, -0.15) is 0 Å². The Bertz CT molecular complexity index is 726. The lowest BCUT2D eigenvalue weighted by molar-refractivity contribution is -0.121. The van der Waals surface area contributed by atoms with E-state index in [0.29, 0.717) is 18.1 Å². The number of aromatic nitrogens is 2. The third-order valence-electron chi connectivity index (χ3n) is 4.20. The zero-order chi connectivity index (χ0) is 17.6. The molecule has 1 saturated heterocycles. The molecular formula is C18H21FN4O2. The van der Waals surface area contributed by atoms with Crippen LogP contribution in [0.1, 0.15) is 18.4 Å². The van der Waals surface area contributed by atoms with E-state index in [4.69, 9.17) is 4.74 Å². The predicted molar refractivity (Wildman–Crippen MR) is 92.1 cm³/mol. The van der Waals surface area contributed by atoms with Crippen LogP contribution in [0.2, 0.25) is 0 Å². The normalized spacial score (nSPS) is 17.2. The van der Waals surface area contributed by atoms with Crippen LogP contribution in [-0.2, 0) is 11.2 Å². The van der Waals surface area contributed by atoms with E-state index in [9.17, 15) is 9.18 Å². The van der Waals surface area contributed by atoms with Crippen molar-refractivity contribution in [1.29, 1.82) is 0 Å². The second-order valence-corrected chi connectivity index (χ2v) is 6.05. The van der Waals surface area contributed by atoms with Crippen LogP contribution >= 0.6 is 0 Å². The number of anilines is 1. The second kappa shape index (κ2) is 7.92. The van der Waals surface area contributed by atoms with Gasteiger partial charge < -0.3 is 15.0 Å². The molecule has 0 radical (unpaired) electrons. The van der Waals surface area contributed by atoms with Crippen LogP contribution in [-0.4, -0.2) is 42.1 Å². The minimum absolute atomic E-state index is 0.0353. The lowest BCUT2D eigenvalue weighted by Crippen LogP contribution is -2.48. The smallest absolute Gasteiger partial charge is 0.225 e. The molecule has 1 aliphatic heterocycles. The number of halogens is 1. The Balaban J connectivity index is 1.56. The Morgan fingerprint density at radius 3 is 2.92 bits per heavy atom. The van der Waals surface area contributed by atoms with Gasteiger partial charge in [0.25, 0.3) is 0 Å². The topological polar surface area (TPSA) is 67.3 Å². The van der Waals surface area contributed by atoms with Gasteiger partial charge in [-0.1, -0.05) is 6.07 Å². The molecule has 0 saturated carbocycles. The fraction of sp³-hybridized carbons (Fsp3) is 0.389. The molecule has 25 heavy (non-hydrogen) atoms. The van der Waals surface area contributed by atoms with Crippen molar-refractivity contribution < 1.29 is 13.9 Å². The summed E-state index contributed by atoms with van der Waals surface area (Å²) < 4.78 is 18.6. The van der Waals surface area contributed by atoms with Gasteiger partial charge in [0.15, 0.2) is 11.6 Å². The molecule has 0 aliphatic carbocycles. The number of benzene rings is 1. The number of hydrogen-bond acceptors (Lipinski definition) is 5. The summed E-state index contributed by atoms with van der Waals surface area (Å²) in [6.07, 6.45) is 5.43. The van der Waals surface area contributed by atoms with Crippen LogP contribution in [0.3, 0.4) is 0 Å². The quantitative estimate of drug-likeness (QED) is 0.898. The van der Waals surface area contributed by atoms with Crippen molar-refractivity contribution in [1.82, 2.24) is 15.3 Å². The van der Waals surface area contributed by atoms with E-state index in [1.165, 1.54) is 19.2 Å². The number of piperidine rings is 1. The molecule has 1 unspecified atom stereocenters. The number of carbonyl (C=O) groups excluding carboxylic acids is 1. The number of hydrogen-bond donors (Lipinski definition) is 1. The molecule has 1 fully saturated rings. The molecule has 2 aromatic rings. The van der Waals surface area contributed by atoms with E-state index in [1.807, 2.05) is 0 Å². The molecule has 1 aliphatic rings. The summed E-state index contributed by atoms with van der Waals surface area (Å²) in [5.41, 5.74) is 0.620. The molecule has 1 amide bonds. The van der Waals surface area contributed by atoms with Gasteiger partial charge in [0, 0.05) is 31.5 Å². The molecule has 7 heteroatoms. The van der Waals surface area contributed by atoms with Crippen LogP contribution < -0.4 is 15.0 Å². The van der Waals surface area contributed by atoms with Crippen LogP contribution in [0.15, 0.2) is 36.7 Å². The zero-order valence-corrected chi connectivity index (χ0v) is 14.1. The molecule has 0 bridgehead atoms. The average molecular weight is 344 g/mol. The van der Waals surface area contributed by atoms with E-state index < -0.39 is 5.82 Å². The first-order valence-corrected chi connectivity index (χ1v) is 8.29. The van der Waals surface area contributed by atoms with Crippen LogP contribution in [0, 0.1) is 5.82 Å². The van der Waals surface area contributed by atoms with Gasteiger partial charge >= 0.3 is 0 Å². The maximum atomic E-state index is 13.7. The van der Waals surface area contributed by atoms with Crippen molar-refractivity contribution in [3.8, 4) is 5.75 Å². The van der Waals surface area contributed by atoms with Gasteiger partial charge in [-0.25, -0.2) is 14.4 Å². The lowest BCUT2D eigenvalue weighted by Gasteiger charge is -2.33. The van der Waals surface area contributed by atoms with Gasteiger partial charge in [0.1, 0.15) is 0 Å². The van der Waals surface area contributed by atoms with Gasteiger partial charge in [-0.05, 0) is 36.6 Å². The second-order valence-electron chi connectivity index (χ2n) is 6.05. The third-order valence-corrected chi connectivity index (χ3v) is 4.20. The Morgan fingerprint density at radius 2 is 2.20 bits per heavy atom. The lowest BCUT2D eigenvalue weighted by atomic mass is 10.1. The third kappa shape index (κ3) is 4.43. The molecular weight excluding hydrogens is 323 g/mol. The minimum atomic E-state index is -0.460. The van der Waals surface area contributed by atoms with Crippen LogP contribution in [0.25, 0.3) is 0 Å². The maximum Gasteiger partial charge on any atom is 0.225 e. The first-order chi connectivity index (χ1) is 12.2. The van der Waals surface area contributed by atoms with Crippen molar-refractivity contribution in [3.05, 3.63) is 48.0 Å². The molecule has 132 valence electrons. The van der Waals surface area contributed by atoms with Gasteiger partial charge in [-0.3, -0.25) is 4.79 Å². The maximum absolute atomic E-state index is 13.7.